The molecule has 0 spiro atoms. The molecule has 0 saturated heterocycles. The van der Waals surface area contributed by atoms with Gasteiger partial charge in [-0.1, -0.05) is 18.2 Å². The average Bonchev–Trinajstić information content (AvgIpc) is 3.32. The Balaban J connectivity index is 1.38. The van der Waals surface area contributed by atoms with Crippen LogP contribution in [-0.2, 0) is 17.9 Å². The van der Waals surface area contributed by atoms with Crippen molar-refractivity contribution in [3.05, 3.63) is 59.8 Å². The quantitative estimate of drug-likeness (QED) is 0.612. The smallest absolute Gasteiger partial charge is 0.245 e. The summed E-state index contributed by atoms with van der Waals surface area (Å²) < 4.78 is 17.2. The molecule has 1 atom stereocenters. The topological polar surface area (TPSA) is 97.9 Å². The molecule has 4 rings (SSSR count). The van der Waals surface area contributed by atoms with Crippen molar-refractivity contribution < 1.29 is 14.0 Å². The Morgan fingerprint density at radius 3 is 2.90 bits per heavy atom. The molecule has 156 valence electrons. The van der Waals surface area contributed by atoms with E-state index in [1.54, 1.807) is 36.3 Å². The van der Waals surface area contributed by atoms with Gasteiger partial charge in [0, 0.05) is 19.2 Å². The molecular formula is C20H22FN7O2. The van der Waals surface area contributed by atoms with E-state index in [9.17, 15) is 14.0 Å². The van der Waals surface area contributed by atoms with E-state index in [2.05, 4.69) is 20.4 Å². The highest BCUT2D eigenvalue weighted by atomic mass is 19.1. The van der Waals surface area contributed by atoms with Crippen LogP contribution in [0.2, 0.25) is 0 Å². The van der Waals surface area contributed by atoms with Crippen molar-refractivity contribution in [2.75, 3.05) is 18.5 Å². The molecule has 0 radical (unpaired) electrons. The number of nitrogens with one attached hydrogen (secondary N) is 1. The summed E-state index contributed by atoms with van der Waals surface area (Å²) in [5.41, 5.74) is 0.459. The second-order valence-corrected chi connectivity index (χ2v) is 7.22. The molecule has 10 heteroatoms. The Labute approximate surface area is 172 Å². The number of halogens is 1. The minimum Gasteiger partial charge on any atom is -0.315 e. The lowest BCUT2D eigenvalue weighted by Gasteiger charge is -2.20. The summed E-state index contributed by atoms with van der Waals surface area (Å²) in [6.45, 7) is 2.62. The number of hydrogen-bond acceptors (Lipinski definition) is 6. The van der Waals surface area contributed by atoms with Crippen LogP contribution in [-0.4, -0.2) is 55.6 Å². The van der Waals surface area contributed by atoms with Gasteiger partial charge in [-0.3, -0.25) is 19.8 Å². The van der Waals surface area contributed by atoms with Gasteiger partial charge in [0.2, 0.25) is 17.5 Å². The number of rotatable bonds is 6. The Kier molecular flexibility index (Phi) is 5.40. The van der Waals surface area contributed by atoms with Gasteiger partial charge < -0.3 is 4.57 Å². The molecule has 3 aromatic rings. The number of hydrogen-bond donors (Lipinski definition) is 1. The fourth-order valence-corrected chi connectivity index (χ4v) is 3.51. The number of amides is 1. The maximum atomic E-state index is 13.8. The summed E-state index contributed by atoms with van der Waals surface area (Å²) in [5.74, 6) is 0.806. The zero-order valence-electron chi connectivity index (χ0n) is 16.7. The van der Waals surface area contributed by atoms with E-state index in [-0.39, 0.29) is 36.4 Å². The van der Waals surface area contributed by atoms with E-state index in [0.717, 1.165) is 11.6 Å². The first-order valence-electron chi connectivity index (χ1n) is 9.63. The SMILES string of the molecule is Cc1ncc2n1CC[C@@H](NCC(=O)c1ncn(Cc3ccccc3F)n1)C(=O)N2C. The van der Waals surface area contributed by atoms with Crippen LogP contribution in [0.3, 0.4) is 0 Å². The molecule has 1 aromatic carbocycles. The number of aryl methyl sites for hydroxylation is 1. The van der Waals surface area contributed by atoms with Crippen molar-refractivity contribution >= 4 is 17.5 Å². The van der Waals surface area contributed by atoms with Gasteiger partial charge in [-0.15, -0.1) is 5.10 Å². The van der Waals surface area contributed by atoms with Crippen LogP contribution in [0.25, 0.3) is 0 Å². The van der Waals surface area contributed by atoms with Gasteiger partial charge in [-0.05, 0) is 19.4 Å². The summed E-state index contributed by atoms with van der Waals surface area (Å²) in [6.07, 6.45) is 3.61. The molecule has 30 heavy (non-hydrogen) atoms. The number of fused-ring (bicyclic) bond motifs is 1. The Bertz CT molecular complexity index is 1090. The van der Waals surface area contributed by atoms with Crippen LogP contribution in [0.15, 0.2) is 36.8 Å². The predicted octanol–water partition coefficient (Wildman–Crippen LogP) is 1.18. The standard InChI is InChI=1S/C20H22FN7O2/c1-13-22-10-18-26(2)20(30)16(7-8-28(13)18)23-9-17(29)19-24-12-27(25-19)11-14-5-3-4-6-15(14)21/h3-6,10,12,16,23H,7-9,11H2,1-2H3/t16-/m1/s1. The fourth-order valence-electron chi connectivity index (χ4n) is 3.51. The van der Waals surface area contributed by atoms with E-state index < -0.39 is 6.04 Å². The molecule has 0 fully saturated rings. The monoisotopic (exact) mass is 411 g/mol. The van der Waals surface area contributed by atoms with E-state index in [4.69, 9.17) is 0 Å². The number of carbonyl (C=O) groups excluding carboxylic acids is 2. The molecule has 1 aliphatic rings. The third kappa shape index (κ3) is 3.86. The number of benzene rings is 1. The predicted molar refractivity (Wildman–Crippen MR) is 107 cm³/mol. The third-order valence-corrected chi connectivity index (χ3v) is 5.23. The number of carbonyl (C=O) groups is 2. The second-order valence-electron chi connectivity index (χ2n) is 7.22. The molecule has 0 unspecified atom stereocenters. The highest BCUT2D eigenvalue weighted by Crippen LogP contribution is 2.21. The Morgan fingerprint density at radius 2 is 2.10 bits per heavy atom. The molecular weight excluding hydrogens is 389 g/mol. The average molecular weight is 411 g/mol. The highest BCUT2D eigenvalue weighted by molar-refractivity contribution is 5.98. The number of Topliss-reactive ketones (excluding diaryl/α,β-unsaturated/α-hetero) is 1. The van der Waals surface area contributed by atoms with E-state index in [0.29, 0.717) is 18.5 Å². The zero-order valence-corrected chi connectivity index (χ0v) is 16.7. The van der Waals surface area contributed by atoms with E-state index >= 15 is 0 Å². The lowest BCUT2D eigenvalue weighted by Crippen LogP contribution is -2.46. The minimum atomic E-state index is -0.501. The van der Waals surface area contributed by atoms with Crippen LogP contribution in [0.4, 0.5) is 10.2 Å². The molecule has 2 aromatic heterocycles. The van der Waals surface area contributed by atoms with Crippen molar-refractivity contribution in [3.63, 3.8) is 0 Å². The number of ketones is 1. The van der Waals surface area contributed by atoms with Crippen molar-refractivity contribution in [3.8, 4) is 0 Å². The van der Waals surface area contributed by atoms with Crippen LogP contribution in [0, 0.1) is 12.7 Å². The molecule has 9 nitrogen and oxygen atoms in total. The van der Waals surface area contributed by atoms with Gasteiger partial charge in [-0.25, -0.2) is 19.0 Å². The number of likely N-dealkylation sites (N-methyl/N-ethyl adjacent to an activating group) is 1. The molecule has 0 bridgehead atoms. The zero-order chi connectivity index (χ0) is 21.3. The molecule has 1 N–H and O–H groups in total. The number of imidazole rings is 1. The minimum absolute atomic E-state index is 0.0274. The largest absolute Gasteiger partial charge is 0.315 e. The molecule has 0 aliphatic carbocycles. The van der Waals surface area contributed by atoms with Gasteiger partial charge in [0.15, 0.2) is 0 Å². The summed E-state index contributed by atoms with van der Waals surface area (Å²) in [5, 5.41) is 7.17. The van der Waals surface area contributed by atoms with Gasteiger partial charge in [0.1, 0.15) is 23.8 Å². The third-order valence-electron chi connectivity index (χ3n) is 5.23. The first-order chi connectivity index (χ1) is 14.4. The van der Waals surface area contributed by atoms with Gasteiger partial charge in [0.05, 0.1) is 25.3 Å². The molecule has 1 aliphatic heterocycles. The summed E-state index contributed by atoms with van der Waals surface area (Å²) in [6, 6.07) is 5.87. The summed E-state index contributed by atoms with van der Waals surface area (Å²) >= 11 is 0. The van der Waals surface area contributed by atoms with Crippen molar-refractivity contribution in [2.45, 2.75) is 32.5 Å². The highest BCUT2D eigenvalue weighted by Gasteiger charge is 2.29. The summed E-state index contributed by atoms with van der Waals surface area (Å²) in [7, 11) is 1.70. The Morgan fingerprint density at radius 1 is 1.30 bits per heavy atom. The maximum Gasteiger partial charge on any atom is 0.245 e. The fraction of sp³-hybridized carbons (Fsp3) is 0.350. The van der Waals surface area contributed by atoms with Crippen LogP contribution < -0.4 is 10.2 Å². The van der Waals surface area contributed by atoms with Gasteiger partial charge in [0.25, 0.3) is 0 Å². The van der Waals surface area contributed by atoms with Crippen LogP contribution >= 0.6 is 0 Å². The van der Waals surface area contributed by atoms with Crippen LogP contribution in [0.1, 0.15) is 28.4 Å². The first-order valence-corrected chi connectivity index (χ1v) is 9.63. The Hall–Kier alpha value is -3.40. The van der Waals surface area contributed by atoms with E-state index in [1.807, 2.05) is 11.5 Å². The van der Waals surface area contributed by atoms with Gasteiger partial charge >= 0.3 is 0 Å². The van der Waals surface area contributed by atoms with E-state index in [1.165, 1.54) is 17.1 Å². The number of aromatic nitrogens is 5. The number of anilines is 1. The summed E-state index contributed by atoms with van der Waals surface area (Å²) in [4.78, 5) is 35.1. The van der Waals surface area contributed by atoms with Crippen molar-refractivity contribution in [1.29, 1.82) is 0 Å². The van der Waals surface area contributed by atoms with Gasteiger partial charge in [-0.2, -0.15) is 0 Å². The normalized spacial score (nSPS) is 16.4. The molecule has 3 heterocycles. The maximum absolute atomic E-state index is 13.8. The molecule has 0 saturated carbocycles. The second kappa shape index (κ2) is 8.15. The van der Waals surface area contributed by atoms with Crippen LogP contribution in [0.5, 0.6) is 0 Å². The lowest BCUT2D eigenvalue weighted by molar-refractivity contribution is -0.120. The van der Waals surface area contributed by atoms with Crippen molar-refractivity contribution in [1.82, 2.24) is 29.6 Å². The number of nitrogens with zero attached hydrogens (tertiary/aromatic N) is 6. The lowest BCUT2D eigenvalue weighted by atomic mass is 10.2. The molecule has 1 amide bonds. The van der Waals surface area contributed by atoms with Crippen molar-refractivity contribution in [2.24, 2.45) is 0 Å². The first kappa shape index (κ1) is 19.9.